The van der Waals surface area contributed by atoms with Crippen LogP contribution in [0.15, 0.2) is 12.1 Å². The van der Waals surface area contributed by atoms with E-state index in [2.05, 4.69) is 6.92 Å². The lowest BCUT2D eigenvalue weighted by Crippen LogP contribution is -2.14. The van der Waals surface area contributed by atoms with Crippen LogP contribution >= 0.6 is 11.8 Å². The Morgan fingerprint density at radius 3 is 2.76 bits per heavy atom. The van der Waals surface area contributed by atoms with Crippen LogP contribution in [-0.4, -0.2) is 18.5 Å². The van der Waals surface area contributed by atoms with Gasteiger partial charge in [0.2, 0.25) is 12.7 Å². The normalized spacial score (nSPS) is 14.7. The van der Waals surface area contributed by atoms with Gasteiger partial charge in [0.15, 0.2) is 11.5 Å². The Hall–Kier alpha value is -1.36. The molecule has 5 heteroatoms. The van der Waals surface area contributed by atoms with Crippen molar-refractivity contribution >= 4 is 17.7 Å². The molecule has 1 unspecified atom stereocenters. The maximum absolute atomic E-state index is 10.8. The molecule has 0 saturated heterocycles. The van der Waals surface area contributed by atoms with Gasteiger partial charge in [-0.05, 0) is 37.1 Å². The summed E-state index contributed by atoms with van der Waals surface area (Å²) in [4.78, 5) is 10.8. The summed E-state index contributed by atoms with van der Waals surface area (Å²) in [7, 11) is 0. The van der Waals surface area contributed by atoms with E-state index >= 15 is 0 Å². The van der Waals surface area contributed by atoms with E-state index in [1.165, 1.54) is 11.8 Å². The molecule has 2 rings (SSSR count). The second kappa shape index (κ2) is 4.87. The van der Waals surface area contributed by atoms with Crippen LogP contribution < -0.4 is 15.2 Å². The van der Waals surface area contributed by atoms with E-state index in [0.717, 1.165) is 22.6 Å². The third kappa shape index (κ3) is 2.66. The molecule has 1 atom stereocenters. The van der Waals surface area contributed by atoms with Crippen molar-refractivity contribution in [2.75, 3.05) is 12.5 Å². The van der Waals surface area contributed by atoms with E-state index in [-0.39, 0.29) is 18.0 Å². The van der Waals surface area contributed by atoms with Gasteiger partial charge in [-0.15, -0.1) is 11.8 Å². The van der Waals surface area contributed by atoms with Gasteiger partial charge in [0.1, 0.15) is 0 Å². The molecule has 1 heterocycles. The Bertz CT molecular complexity index is 448. The Morgan fingerprint density at radius 2 is 2.12 bits per heavy atom. The molecule has 1 aromatic carbocycles. The van der Waals surface area contributed by atoms with Crippen LogP contribution in [0.25, 0.3) is 0 Å². The third-order valence-electron chi connectivity index (χ3n) is 2.67. The highest BCUT2D eigenvalue weighted by atomic mass is 32.2. The molecule has 4 nitrogen and oxygen atoms in total. The van der Waals surface area contributed by atoms with Gasteiger partial charge in [-0.1, -0.05) is 0 Å². The number of carbonyl (C=O) groups excluding carboxylic acids is 1. The van der Waals surface area contributed by atoms with Crippen LogP contribution in [0.1, 0.15) is 23.3 Å². The number of nitrogens with two attached hydrogens (primary N) is 1. The van der Waals surface area contributed by atoms with Crippen molar-refractivity contribution in [3.63, 3.8) is 0 Å². The molecule has 0 fully saturated rings. The fourth-order valence-corrected chi connectivity index (χ4v) is 2.64. The fraction of sp³-hybridized carbons (Fsp3) is 0.417. The first-order valence-corrected chi connectivity index (χ1v) is 6.43. The molecular weight excluding hydrogens is 238 g/mol. The molecule has 1 amide bonds. The van der Waals surface area contributed by atoms with Gasteiger partial charge in [0, 0.05) is 5.25 Å². The average molecular weight is 253 g/mol. The minimum Gasteiger partial charge on any atom is -0.454 e. The lowest BCUT2D eigenvalue weighted by molar-refractivity contribution is -0.115. The highest BCUT2D eigenvalue weighted by Gasteiger charge is 2.18. The fourth-order valence-electron chi connectivity index (χ4n) is 1.79. The van der Waals surface area contributed by atoms with Crippen molar-refractivity contribution in [3.05, 3.63) is 23.3 Å². The molecule has 92 valence electrons. The summed E-state index contributed by atoms with van der Waals surface area (Å²) >= 11 is 1.53. The molecule has 0 aliphatic carbocycles. The maximum Gasteiger partial charge on any atom is 0.231 e. The van der Waals surface area contributed by atoms with Gasteiger partial charge < -0.3 is 15.2 Å². The Kier molecular flexibility index (Phi) is 3.47. The Balaban J connectivity index is 2.17. The van der Waals surface area contributed by atoms with Gasteiger partial charge in [-0.2, -0.15) is 0 Å². The quantitative estimate of drug-likeness (QED) is 0.891. The summed E-state index contributed by atoms with van der Waals surface area (Å²) < 4.78 is 10.7. The zero-order valence-corrected chi connectivity index (χ0v) is 10.7. The van der Waals surface area contributed by atoms with Crippen molar-refractivity contribution in [1.82, 2.24) is 0 Å². The zero-order valence-electron chi connectivity index (χ0n) is 9.86. The molecule has 0 saturated carbocycles. The van der Waals surface area contributed by atoms with Gasteiger partial charge in [-0.25, -0.2) is 0 Å². The van der Waals surface area contributed by atoms with Gasteiger partial charge in [0.05, 0.1) is 5.75 Å². The lowest BCUT2D eigenvalue weighted by Gasteiger charge is -2.14. The van der Waals surface area contributed by atoms with Crippen molar-refractivity contribution in [2.45, 2.75) is 19.1 Å². The highest BCUT2D eigenvalue weighted by Crippen LogP contribution is 2.39. The Labute approximate surface area is 104 Å². The number of benzene rings is 1. The minimum atomic E-state index is -0.291. The van der Waals surface area contributed by atoms with Crippen LogP contribution in [0.5, 0.6) is 11.5 Å². The highest BCUT2D eigenvalue weighted by molar-refractivity contribution is 8.00. The van der Waals surface area contributed by atoms with Crippen LogP contribution in [-0.2, 0) is 4.79 Å². The molecule has 1 aliphatic heterocycles. The second-order valence-corrected chi connectivity index (χ2v) is 5.31. The number of hydrogen-bond acceptors (Lipinski definition) is 4. The lowest BCUT2D eigenvalue weighted by atomic mass is 10.1. The largest absolute Gasteiger partial charge is 0.454 e. The van der Waals surface area contributed by atoms with Crippen LogP contribution in [0.4, 0.5) is 0 Å². The number of aryl methyl sites for hydroxylation is 1. The SMILES string of the molecule is Cc1cc2c(cc1C(C)SCC(N)=O)OCO2. The molecule has 2 N–H and O–H groups in total. The summed E-state index contributed by atoms with van der Waals surface area (Å²) in [5.41, 5.74) is 7.43. The maximum atomic E-state index is 10.8. The zero-order chi connectivity index (χ0) is 12.4. The number of rotatable bonds is 4. The number of ether oxygens (including phenoxy) is 2. The first-order chi connectivity index (χ1) is 8.08. The van der Waals surface area contributed by atoms with Crippen LogP contribution in [0.2, 0.25) is 0 Å². The molecule has 0 bridgehead atoms. The van der Waals surface area contributed by atoms with E-state index in [0.29, 0.717) is 5.75 Å². The molecular formula is C12H15NO3S. The Morgan fingerprint density at radius 1 is 1.47 bits per heavy atom. The molecule has 1 aromatic rings. The monoisotopic (exact) mass is 253 g/mol. The minimum absolute atomic E-state index is 0.206. The van der Waals surface area contributed by atoms with Crippen molar-refractivity contribution in [2.24, 2.45) is 5.73 Å². The summed E-state index contributed by atoms with van der Waals surface area (Å²) in [5.74, 6) is 1.60. The standard InChI is InChI=1S/C12H15NO3S/c1-7-3-10-11(16-6-15-10)4-9(7)8(2)17-5-12(13)14/h3-4,8H,5-6H2,1-2H3,(H2,13,14). The first kappa shape index (κ1) is 12.1. The summed E-state index contributed by atoms with van der Waals surface area (Å²) in [6.07, 6.45) is 0. The predicted molar refractivity (Wildman–Crippen MR) is 67.4 cm³/mol. The first-order valence-electron chi connectivity index (χ1n) is 5.38. The molecule has 1 aliphatic rings. The molecule has 17 heavy (non-hydrogen) atoms. The predicted octanol–water partition coefficient (Wildman–Crippen LogP) is 2.00. The topological polar surface area (TPSA) is 61.6 Å². The van der Waals surface area contributed by atoms with Gasteiger partial charge >= 0.3 is 0 Å². The number of fused-ring (bicyclic) bond motifs is 1. The molecule has 0 spiro atoms. The van der Waals surface area contributed by atoms with E-state index in [1.807, 2.05) is 19.1 Å². The van der Waals surface area contributed by atoms with E-state index in [4.69, 9.17) is 15.2 Å². The smallest absolute Gasteiger partial charge is 0.231 e. The van der Waals surface area contributed by atoms with Crippen molar-refractivity contribution in [3.8, 4) is 11.5 Å². The van der Waals surface area contributed by atoms with Gasteiger partial charge in [-0.3, -0.25) is 4.79 Å². The van der Waals surface area contributed by atoms with E-state index in [1.54, 1.807) is 0 Å². The number of primary amides is 1. The third-order valence-corrected chi connectivity index (χ3v) is 3.88. The number of hydrogen-bond donors (Lipinski definition) is 1. The average Bonchev–Trinajstić information content (AvgIpc) is 2.71. The van der Waals surface area contributed by atoms with Crippen molar-refractivity contribution in [1.29, 1.82) is 0 Å². The number of thioether (sulfide) groups is 1. The van der Waals surface area contributed by atoms with E-state index < -0.39 is 0 Å². The van der Waals surface area contributed by atoms with Crippen LogP contribution in [0.3, 0.4) is 0 Å². The summed E-state index contributed by atoms with van der Waals surface area (Å²) in [5, 5.41) is 0.206. The molecule has 0 aromatic heterocycles. The van der Waals surface area contributed by atoms with Crippen LogP contribution in [0, 0.1) is 6.92 Å². The number of carbonyl (C=O) groups is 1. The second-order valence-electron chi connectivity index (χ2n) is 3.98. The van der Waals surface area contributed by atoms with Crippen molar-refractivity contribution < 1.29 is 14.3 Å². The van der Waals surface area contributed by atoms with E-state index in [9.17, 15) is 4.79 Å². The summed E-state index contributed by atoms with van der Waals surface area (Å²) in [6.45, 7) is 4.36. The number of amides is 1. The molecule has 0 radical (unpaired) electrons. The summed E-state index contributed by atoms with van der Waals surface area (Å²) in [6, 6.07) is 3.95. The van der Waals surface area contributed by atoms with Gasteiger partial charge in [0.25, 0.3) is 0 Å².